The third-order valence-corrected chi connectivity index (χ3v) is 4.10. The molecule has 2 aromatic rings. The topological polar surface area (TPSA) is 78.3 Å². The Bertz CT molecular complexity index is 805. The lowest BCUT2D eigenvalue weighted by atomic mass is 10.2. The number of rotatable bonds is 9. The molecule has 0 aliphatic carbocycles. The van der Waals surface area contributed by atoms with E-state index in [1.165, 1.54) is 0 Å². The minimum Gasteiger partial charge on any atom is -0.493 e. The zero-order valence-electron chi connectivity index (χ0n) is 16.7. The molecular weight excluding hydrogens is 360 g/mol. The minimum absolute atomic E-state index is 0.109. The van der Waals surface area contributed by atoms with Crippen LogP contribution in [0.4, 0.5) is 5.69 Å². The van der Waals surface area contributed by atoms with Gasteiger partial charge >= 0.3 is 5.97 Å². The van der Waals surface area contributed by atoms with Gasteiger partial charge < -0.3 is 24.4 Å². The predicted molar refractivity (Wildman–Crippen MR) is 106 cm³/mol. The van der Waals surface area contributed by atoms with Gasteiger partial charge in [0.25, 0.3) is 5.91 Å². The van der Waals surface area contributed by atoms with E-state index >= 15 is 0 Å². The number of anilines is 1. The zero-order valence-corrected chi connectivity index (χ0v) is 16.7. The second-order valence-corrected chi connectivity index (χ2v) is 6.35. The van der Waals surface area contributed by atoms with Crippen molar-refractivity contribution in [3.63, 3.8) is 0 Å². The summed E-state index contributed by atoms with van der Waals surface area (Å²) >= 11 is 0. The smallest absolute Gasteiger partial charge is 0.338 e. The lowest BCUT2D eigenvalue weighted by Gasteiger charge is -2.15. The molecule has 0 heterocycles. The SMILES string of the molecule is CCOC(=O)c1ccc(NC(=O)C[NH+](C)Cc2ccc(OC)c(OC)c2)cc1. The third-order valence-electron chi connectivity index (χ3n) is 4.10. The number of nitrogens with one attached hydrogen (secondary N) is 2. The van der Waals surface area contributed by atoms with Crippen LogP contribution in [0.5, 0.6) is 11.5 Å². The van der Waals surface area contributed by atoms with Gasteiger partial charge in [-0.05, 0) is 49.4 Å². The molecule has 0 fully saturated rings. The van der Waals surface area contributed by atoms with Crippen molar-refractivity contribution in [2.45, 2.75) is 13.5 Å². The van der Waals surface area contributed by atoms with Crippen molar-refractivity contribution in [1.82, 2.24) is 0 Å². The molecule has 0 spiro atoms. The fraction of sp³-hybridized carbons (Fsp3) is 0.333. The second kappa shape index (κ2) is 10.3. The number of amides is 1. The molecule has 150 valence electrons. The van der Waals surface area contributed by atoms with Crippen LogP contribution < -0.4 is 19.7 Å². The average molecular weight is 387 g/mol. The summed E-state index contributed by atoms with van der Waals surface area (Å²) in [6, 6.07) is 12.4. The Hall–Kier alpha value is -3.06. The fourth-order valence-corrected chi connectivity index (χ4v) is 2.78. The molecule has 2 aromatic carbocycles. The van der Waals surface area contributed by atoms with E-state index in [1.807, 2.05) is 25.2 Å². The van der Waals surface area contributed by atoms with Crippen LogP contribution in [-0.4, -0.2) is 46.3 Å². The highest BCUT2D eigenvalue weighted by Crippen LogP contribution is 2.27. The van der Waals surface area contributed by atoms with E-state index in [2.05, 4.69) is 5.32 Å². The summed E-state index contributed by atoms with van der Waals surface area (Å²) in [4.78, 5) is 25.0. The summed E-state index contributed by atoms with van der Waals surface area (Å²) in [7, 11) is 5.14. The first kappa shape index (κ1) is 21.2. The molecule has 0 aliphatic rings. The summed E-state index contributed by atoms with van der Waals surface area (Å²) in [5, 5.41) is 2.84. The quantitative estimate of drug-likeness (QED) is 0.638. The number of hydrogen-bond donors (Lipinski definition) is 2. The van der Waals surface area contributed by atoms with Gasteiger partial charge in [0, 0.05) is 11.3 Å². The van der Waals surface area contributed by atoms with Gasteiger partial charge in [0.2, 0.25) is 0 Å². The van der Waals surface area contributed by atoms with E-state index in [-0.39, 0.29) is 11.9 Å². The molecule has 1 unspecified atom stereocenters. The van der Waals surface area contributed by atoms with Crippen LogP contribution in [0, 0.1) is 0 Å². The normalized spacial score (nSPS) is 11.4. The molecule has 0 aromatic heterocycles. The monoisotopic (exact) mass is 387 g/mol. The van der Waals surface area contributed by atoms with E-state index in [0.29, 0.717) is 42.4 Å². The number of carbonyl (C=O) groups is 2. The van der Waals surface area contributed by atoms with Gasteiger partial charge in [0.15, 0.2) is 18.0 Å². The Balaban J connectivity index is 1.89. The fourth-order valence-electron chi connectivity index (χ4n) is 2.78. The van der Waals surface area contributed by atoms with E-state index < -0.39 is 0 Å². The molecule has 28 heavy (non-hydrogen) atoms. The predicted octanol–water partition coefficient (Wildman–Crippen LogP) is 1.53. The van der Waals surface area contributed by atoms with Gasteiger partial charge in [-0.15, -0.1) is 0 Å². The maximum Gasteiger partial charge on any atom is 0.338 e. The largest absolute Gasteiger partial charge is 0.493 e. The number of ether oxygens (including phenoxy) is 3. The number of methoxy groups -OCH3 is 2. The highest BCUT2D eigenvalue weighted by molar-refractivity contribution is 5.93. The van der Waals surface area contributed by atoms with Crippen molar-refractivity contribution in [3.05, 3.63) is 53.6 Å². The van der Waals surface area contributed by atoms with Crippen LogP contribution >= 0.6 is 0 Å². The number of hydrogen-bond acceptors (Lipinski definition) is 5. The highest BCUT2D eigenvalue weighted by atomic mass is 16.5. The summed E-state index contributed by atoms with van der Waals surface area (Å²) in [6.07, 6.45) is 0. The third kappa shape index (κ3) is 5.99. The first-order valence-electron chi connectivity index (χ1n) is 9.06. The van der Waals surface area contributed by atoms with Crippen molar-refractivity contribution in [2.75, 3.05) is 39.7 Å². The minimum atomic E-state index is -0.375. The zero-order chi connectivity index (χ0) is 20.5. The number of quaternary nitrogens is 1. The molecule has 0 aliphatic heterocycles. The Kier molecular flexibility index (Phi) is 7.83. The van der Waals surface area contributed by atoms with E-state index in [0.717, 1.165) is 10.5 Å². The van der Waals surface area contributed by atoms with Crippen LogP contribution in [0.3, 0.4) is 0 Å². The van der Waals surface area contributed by atoms with Crippen molar-refractivity contribution >= 4 is 17.6 Å². The summed E-state index contributed by atoms with van der Waals surface area (Å²) in [6.45, 7) is 3.05. The van der Waals surface area contributed by atoms with Crippen molar-refractivity contribution in [3.8, 4) is 11.5 Å². The average Bonchev–Trinajstić information content (AvgIpc) is 2.68. The Morgan fingerprint density at radius 3 is 2.29 bits per heavy atom. The van der Waals surface area contributed by atoms with E-state index in [1.54, 1.807) is 45.4 Å². The van der Waals surface area contributed by atoms with Crippen molar-refractivity contribution in [2.24, 2.45) is 0 Å². The van der Waals surface area contributed by atoms with E-state index in [4.69, 9.17) is 14.2 Å². The Morgan fingerprint density at radius 2 is 1.68 bits per heavy atom. The number of benzene rings is 2. The number of likely N-dealkylation sites (N-methyl/N-ethyl adjacent to an activating group) is 1. The molecule has 0 saturated heterocycles. The van der Waals surface area contributed by atoms with Crippen LogP contribution in [0.15, 0.2) is 42.5 Å². The van der Waals surface area contributed by atoms with E-state index in [9.17, 15) is 9.59 Å². The first-order valence-corrected chi connectivity index (χ1v) is 9.06. The maximum atomic E-state index is 12.3. The molecule has 0 bridgehead atoms. The van der Waals surface area contributed by atoms with Gasteiger partial charge in [-0.1, -0.05) is 0 Å². The van der Waals surface area contributed by atoms with Crippen LogP contribution in [0.25, 0.3) is 0 Å². The molecule has 2 rings (SSSR count). The van der Waals surface area contributed by atoms with Gasteiger partial charge in [0.1, 0.15) is 6.54 Å². The van der Waals surface area contributed by atoms with Gasteiger partial charge in [-0.3, -0.25) is 4.79 Å². The number of carbonyl (C=O) groups excluding carboxylic acids is 2. The summed E-state index contributed by atoms with van der Waals surface area (Å²) in [5.74, 6) is 0.855. The molecular formula is C21H27N2O5+. The molecule has 2 N–H and O–H groups in total. The summed E-state index contributed by atoms with van der Waals surface area (Å²) in [5.41, 5.74) is 2.13. The lowest BCUT2D eigenvalue weighted by Crippen LogP contribution is -3.08. The maximum absolute atomic E-state index is 12.3. The molecule has 7 heteroatoms. The standard InChI is InChI=1S/C21H26N2O5/c1-5-28-21(25)16-7-9-17(10-8-16)22-20(24)14-23(2)13-15-6-11-18(26-3)19(12-15)27-4/h6-12H,5,13-14H2,1-4H3,(H,22,24)/p+1. The first-order chi connectivity index (χ1) is 13.5. The second-order valence-electron chi connectivity index (χ2n) is 6.35. The van der Waals surface area contributed by atoms with Crippen LogP contribution in [0.2, 0.25) is 0 Å². The highest BCUT2D eigenvalue weighted by Gasteiger charge is 2.13. The van der Waals surface area contributed by atoms with Gasteiger partial charge in [-0.2, -0.15) is 0 Å². The Morgan fingerprint density at radius 1 is 1.00 bits per heavy atom. The molecule has 7 nitrogen and oxygen atoms in total. The molecule has 1 atom stereocenters. The van der Waals surface area contributed by atoms with Gasteiger partial charge in [0.05, 0.1) is 33.4 Å². The van der Waals surface area contributed by atoms with Crippen LogP contribution in [0.1, 0.15) is 22.8 Å². The molecule has 1 amide bonds. The molecule has 0 radical (unpaired) electrons. The van der Waals surface area contributed by atoms with Crippen molar-refractivity contribution in [1.29, 1.82) is 0 Å². The Labute approximate surface area is 165 Å². The van der Waals surface area contributed by atoms with Gasteiger partial charge in [-0.25, -0.2) is 4.79 Å². The lowest BCUT2D eigenvalue weighted by molar-refractivity contribution is -0.885. The molecule has 0 saturated carbocycles. The van der Waals surface area contributed by atoms with Crippen LogP contribution in [-0.2, 0) is 16.1 Å². The van der Waals surface area contributed by atoms with Crippen molar-refractivity contribution < 1.29 is 28.7 Å². The summed E-state index contributed by atoms with van der Waals surface area (Å²) < 4.78 is 15.5. The number of esters is 1.